The van der Waals surface area contributed by atoms with E-state index < -0.39 is 0 Å². The van der Waals surface area contributed by atoms with Crippen molar-refractivity contribution in [2.45, 2.75) is 19.7 Å². The summed E-state index contributed by atoms with van der Waals surface area (Å²) in [4.78, 5) is 0. The summed E-state index contributed by atoms with van der Waals surface area (Å²) in [5, 5.41) is 11.8. The molecule has 0 spiro atoms. The van der Waals surface area contributed by atoms with E-state index in [-0.39, 0.29) is 0 Å². The largest absolute Gasteiger partial charge is 0.378 e. The van der Waals surface area contributed by atoms with Gasteiger partial charge in [-0.05, 0) is 11.6 Å². The molecule has 0 saturated heterocycles. The smallest absolute Gasteiger partial charge is 0.113 e. The Morgan fingerprint density at radius 3 is 3.12 bits per heavy atom. The van der Waals surface area contributed by atoms with Gasteiger partial charge in [0.05, 0.1) is 18.0 Å². The first-order valence-corrected chi connectivity index (χ1v) is 5.61. The predicted molar refractivity (Wildman–Crippen MR) is 62.6 cm³/mol. The first-order chi connectivity index (χ1) is 8.40. The minimum Gasteiger partial charge on any atom is -0.378 e. The Bertz CT molecular complexity index is 535. The highest BCUT2D eigenvalue weighted by molar-refractivity contribution is 5.42. The van der Waals surface area contributed by atoms with Gasteiger partial charge in [-0.1, -0.05) is 23.4 Å². The third-order valence-corrected chi connectivity index (χ3v) is 2.95. The van der Waals surface area contributed by atoms with E-state index in [4.69, 9.17) is 4.74 Å². The zero-order chi connectivity index (χ0) is 11.7. The van der Waals surface area contributed by atoms with Gasteiger partial charge in [-0.3, -0.25) is 0 Å². The Hall–Kier alpha value is -1.72. The average molecular weight is 230 g/mol. The zero-order valence-electron chi connectivity index (χ0n) is 9.68. The summed E-state index contributed by atoms with van der Waals surface area (Å²) in [7, 11) is 1.67. The van der Waals surface area contributed by atoms with Gasteiger partial charge in [0.2, 0.25) is 0 Å². The van der Waals surface area contributed by atoms with Crippen molar-refractivity contribution in [1.29, 1.82) is 0 Å². The Morgan fingerprint density at radius 2 is 2.24 bits per heavy atom. The van der Waals surface area contributed by atoms with Gasteiger partial charge in [-0.15, -0.1) is 5.10 Å². The Morgan fingerprint density at radius 1 is 1.35 bits per heavy atom. The van der Waals surface area contributed by atoms with E-state index in [1.165, 1.54) is 5.56 Å². The van der Waals surface area contributed by atoms with Crippen molar-refractivity contribution in [3.05, 3.63) is 41.2 Å². The molecule has 5 heteroatoms. The Kier molecular flexibility index (Phi) is 2.62. The summed E-state index contributed by atoms with van der Waals surface area (Å²) >= 11 is 0. The predicted octanol–water partition coefficient (Wildman–Crippen LogP) is 1.02. The van der Waals surface area contributed by atoms with Crippen molar-refractivity contribution in [3.8, 4) is 5.69 Å². The number of nitrogens with one attached hydrogen (secondary N) is 1. The SMILES string of the molecule is COCc1nnn2c1CNCc1ccccc1-2. The van der Waals surface area contributed by atoms with Crippen LogP contribution in [-0.4, -0.2) is 22.1 Å². The third-order valence-electron chi connectivity index (χ3n) is 2.95. The van der Waals surface area contributed by atoms with Crippen LogP contribution in [0.25, 0.3) is 5.69 Å². The van der Waals surface area contributed by atoms with E-state index in [0.717, 1.165) is 30.2 Å². The Labute approximate surface area is 99.4 Å². The maximum absolute atomic E-state index is 5.14. The number of nitrogens with zero attached hydrogens (tertiary/aromatic N) is 3. The summed E-state index contributed by atoms with van der Waals surface area (Å²) in [5.74, 6) is 0. The molecule has 2 heterocycles. The lowest BCUT2D eigenvalue weighted by Gasteiger charge is -2.05. The number of benzene rings is 1. The fourth-order valence-corrected chi connectivity index (χ4v) is 2.13. The van der Waals surface area contributed by atoms with Crippen molar-refractivity contribution in [2.75, 3.05) is 7.11 Å². The van der Waals surface area contributed by atoms with Crippen LogP contribution in [0, 0.1) is 0 Å². The van der Waals surface area contributed by atoms with Gasteiger partial charge >= 0.3 is 0 Å². The highest BCUT2D eigenvalue weighted by atomic mass is 16.5. The minimum atomic E-state index is 0.499. The molecule has 5 nitrogen and oxygen atoms in total. The van der Waals surface area contributed by atoms with Crippen LogP contribution in [0.4, 0.5) is 0 Å². The first-order valence-electron chi connectivity index (χ1n) is 5.61. The molecule has 0 amide bonds. The fraction of sp³-hybridized carbons (Fsp3) is 0.333. The number of fused-ring (bicyclic) bond motifs is 3. The molecule has 17 heavy (non-hydrogen) atoms. The van der Waals surface area contributed by atoms with E-state index in [1.807, 2.05) is 16.8 Å². The maximum atomic E-state index is 5.14. The molecule has 0 fully saturated rings. The number of para-hydroxylation sites is 1. The second kappa shape index (κ2) is 4.27. The van der Waals surface area contributed by atoms with E-state index in [2.05, 4.69) is 27.8 Å². The van der Waals surface area contributed by atoms with E-state index in [0.29, 0.717) is 6.61 Å². The lowest BCUT2D eigenvalue weighted by Crippen LogP contribution is -2.12. The van der Waals surface area contributed by atoms with Crippen molar-refractivity contribution >= 4 is 0 Å². The van der Waals surface area contributed by atoms with Gasteiger partial charge in [0.25, 0.3) is 0 Å². The molecule has 2 aromatic rings. The second-order valence-corrected chi connectivity index (χ2v) is 4.06. The van der Waals surface area contributed by atoms with Crippen LogP contribution in [0.3, 0.4) is 0 Å². The highest BCUT2D eigenvalue weighted by Crippen LogP contribution is 2.20. The van der Waals surface area contributed by atoms with Gasteiger partial charge in [0, 0.05) is 20.2 Å². The lowest BCUT2D eigenvalue weighted by molar-refractivity contribution is 0.180. The van der Waals surface area contributed by atoms with Gasteiger partial charge in [-0.25, -0.2) is 4.68 Å². The quantitative estimate of drug-likeness (QED) is 0.836. The number of hydrogen-bond donors (Lipinski definition) is 1. The van der Waals surface area contributed by atoms with Crippen LogP contribution in [-0.2, 0) is 24.4 Å². The average Bonchev–Trinajstić information content (AvgIpc) is 2.65. The molecule has 0 aliphatic carbocycles. The number of rotatable bonds is 2. The normalized spacial score (nSPS) is 13.9. The van der Waals surface area contributed by atoms with Gasteiger partial charge < -0.3 is 10.1 Å². The number of ether oxygens (including phenoxy) is 1. The van der Waals surface area contributed by atoms with Gasteiger partial charge in [0.1, 0.15) is 5.69 Å². The standard InChI is InChI=1S/C12H14N4O/c1-17-8-10-12-7-13-6-9-4-2-3-5-11(9)16(12)15-14-10/h2-5,13H,6-8H2,1H3. The first kappa shape index (κ1) is 10.4. The molecule has 0 bridgehead atoms. The molecule has 1 aromatic carbocycles. The van der Waals surface area contributed by atoms with E-state index in [1.54, 1.807) is 7.11 Å². The number of hydrogen-bond acceptors (Lipinski definition) is 4. The molecule has 3 rings (SSSR count). The summed E-state index contributed by atoms with van der Waals surface area (Å²) in [6.07, 6.45) is 0. The summed E-state index contributed by atoms with van der Waals surface area (Å²) in [6.45, 7) is 2.12. The number of aromatic nitrogens is 3. The molecule has 1 N–H and O–H groups in total. The van der Waals surface area contributed by atoms with Crippen LogP contribution in [0.15, 0.2) is 24.3 Å². The molecule has 1 aromatic heterocycles. The van der Waals surface area contributed by atoms with Crippen molar-refractivity contribution in [2.24, 2.45) is 0 Å². The summed E-state index contributed by atoms with van der Waals surface area (Å²) < 4.78 is 7.04. The molecule has 0 radical (unpaired) electrons. The van der Waals surface area contributed by atoms with E-state index in [9.17, 15) is 0 Å². The molecule has 1 aliphatic rings. The fourth-order valence-electron chi connectivity index (χ4n) is 2.13. The van der Waals surface area contributed by atoms with Crippen molar-refractivity contribution < 1.29 is 4.74 Å². The van der Waals surface area contributed by atoms with Crippen LogP contribution in [0.5, 0.6) is 0 Å². The zero-order valence-corrected chi connectivity index (χ0v) is 9.68. The minimum absolute atomic E-state index is 0.499. The van der Waals surface area contributed by atoms with Gasteiger partial charge in [0.15, 0.2) is 0 Å². The topological polar surface area (TPSA) is 52.0 Å². The molecule has 1 aliphatic heterocycles. The van der Waals surface area contributed by atoms with Gasteiger partial charge in [-0.2, -0.15) is 0 Å². The molecule has 88 valence electrons. The molecule has 0 atom stereocenters. The van der Waals surface area contributed by atoms with Crippen LogP contribution < -0.4 is 5.32 Å². The van der Waals surface area contributed by atoms with Crippen molar-refractivity contribution in [3.63, 3.8) is 0 Å². The maximum Gasteiger partial charge on any atom is 0.113 e. The second-order valence-electron chi connectivity index (χ2n) is 4.06. The summed E-state index contributed by atoms with van der Waals surface area (Å²) in [5.41, 5.74) is 4.32. The van der Waals surface area contributed by atoms with Crippen LogP contribution in [0.1, 0.15) is 17.0 Å². The molecule has 0 saturated carbocycles. The molecule has 0 unspecified atom stereocenters. The molecular weight excluding hydrogens is 216 g/mol. The van der Waals surface area contributed by atoms with Crippen LogP contribution >= 0.6 is 0 Å². The number of methoxy groups -OCH3 is 1. The van der Waals surface area contributed by atoms with E-state index >= 15 is 0 Å². The lowest BCUT2D eigenvalue weighted by atomic mass is 10.2. The van der Waals surface area contributed by atoms with Crippen molar-refractivity contribution in [1.82, 2.24) is 20.3 Å². The Balaban J connectivity index is 2.13. The molecular formula is C12H14N4O. The highest BCUT2D eigenvalue weighted by Gasteiger charge is 2.18. The third kappa shape index (κ3) is 1.73. The summed E-state index contributed by atoms with van der Waals surface area (Å²) in [6, 6.07) is 8.23. The van der Waals surface area contributed by atoms with Crippen LogP contribution in [0.2, 0.25) is 0 Å². The monoisotopic (exact) mass is 230 g/mol.